The van der Waals surface area contributed by atoms with Crippen molar-refractivity contribution in [3.8, 4) is 0 Å². The van der Waals surface area contributed by atoms with Crippen molar-refractivity contribution in [1.82, 2.24) is 20.0 Å². The number of piperazine rings is 1. The van der Waals surface area contributed by atoms with Gasteiger partial charge in [-0.3, -0.25) is 14.7 Å². The average molecular weight is 323 g/mol. The number of hydrogen-bond donors (Lipinski definition) is 1. The molecule has 2 unspecified atom stereocenters. The fourth-order valence-electron chi connectivity index (χ4n) is 5.10. The number of piperidine rings is 2. The molecular formula is C19H38N4. The van der Waals surface area contributed by atoms with Crippen LogP contribution in [-0.4, -0.2) is 76.8 Å². The van der Waals surface area contributed by atoms with E-state index in [4.69, 9.17) is 0 Å². The molecule has 4 nitrogen and oxygen atoms in total. The third kappa shape index (κ3) is 4.28. The fourth-order valence-corrected chi connectivity index (χ4v) is 5.10. The number of fused-ring (bicyclic) bond motifs is 2. The van der Waals surface area contributed by atoms with E-state index in [1.165, 1.54) is 52.1 Å². The summed E-state index contributed by atoms with van der Waals surface area (Å²) in [5, 5.41) is 3.80. The standard InChI is InChI=1S/C19H38N4/c1-18(2,3)20-15-8-7-9-21(11-15)14-22-12-16-10-17(13-22)23(16)19(4,5)6/h15-17,20H,7-14H2,1-6H3/t15-,16?,17?/m0/s1. The van der Waals surface area contributed by atoms with E-state index < -0.39 is 0 Å². The average Bonchev–Trinajstić information content (AvgIpc) is 2.34. The molecule has 0 amide bonds. The van der Waals surface area contributed by atoms with Crippen LogP contribution in [0, 0.1) is 0 Å². The minimum atomic E-state index is 0.230. The fraction of sp³-hybridized carbons (Fsp3) is 1.00. The lowest BCUT2D eigenvalue weighted by molar-refractivity contribution is -0.128. The Morgan fingerprint density at radius 1 is 0.913 bits per heavy atom. The zero-order valence-corrected chi connectivity index (χ0v) is 16.2. The quantitative estimate of drug-likeness (QED) is 0.861. The Kier molecular flexibility index (Phi) is 4.83. The molecule has 4 rings (SSSR count). The van der Waals surface area contributed by atoms with Gasteiger partial charge in [0.25, 0.3) is 0 Å². The van der Waals surface area contributed by atoms with Gasteiger partial charge in [0.05, 0.1) is 6.67 Å². The van der Waals surface area contributed by atoms with Gasteiger partial charge in [0.2, 0.25) is 0 Å². The lowest BCUT2D eigenvalue weighted by Gasteiger charge is -2.62. The Hall–Kier alpha value is -0.160. The Balaban J connectivity index is 1.48. The highest BCUT2D eigenvalue weighted by atomic mass is 15.4. The lowest BCUT2D eigenvalue weighted by atomic mass is 9.82. The van der Waals surface area contributed by atoms with Crippen LogP contribution in [0.1, 0.15) is 60.8 Å². The first-order chi connectivity index (χ1) is 10.6. The van der Waals surface area contributed by atoms with Gasteiger partial charge < -0.3 is 5.32 Å². The van der Waals surface area contributed by atoms with Crippen molar-refractivity contribution in [2.24, 2.45) is 0 Å². The van der Waals surface area contributed by atoms with Gasteiger partial charge in [-0.1, -0.05) is 0 Å². The molecule has 0 aliphatic carbocycles. The van der Waals surface area contributed by atoms with E-state index in [1.807, 2.05) is 0 Å². The van der Waals surface area contributed by atoms with Gasteiger partial charge in [0, 0.05) is 48.8 Å². The second kappa shape index (κ2) is 6.29. The molecule has 0 radical (unpaired) electrons. The van der Waals surface area contributed by atoms with Crippen molar-refractivity contribution in [3.05, 3.63) is 0 Å². The molecule has 0 aromatic carbocycles. The Bertz CT molecular complexity index is 388. The summed E-state index contributed by atoms with van der Waals surface area (Å²) in [4.78, 5) is 8.14. The molecule has 134 valence electrons. The summed E-state index contributed by atoms with van der Waals surface area (Å²) in [6, 6.07) is 2.25. The first kappa shape index (κ1) is 17.7. The molecule has 23 heavy (non-hydrogen) atoms. The van der Waals surface area contributed by atoms with E-state index in [9.17, 15) is 0 Å². The highest BCUT2D eigenvalue weighted by Crippen LogP contribution is 2.38. The molecule has 0 aromatic heterocycles. The van der Waals surface area contributed by atoms with Crippen LogP contribution < -0.4 is 5.32 Å². The number of rotatable bonds is 3. The van der Waals surface area contributed by atoms with Gasteiger partial charge in [-0.15, -0.1) is 0 Å². The van der Waals surface area contributed by atoms with E-state index in [0.717, 1.165) is 12.1 Å². The summed E-state index contributed by atoms with van der Waals surface area (Å²) in [7, 11) is 0. The first-order valence-electron chi connectivity index (χ1n) is 9.63. The van der Waals surface area contributed by atoms with Crippen molar-refractivity contribution in [3.63, 3.8) is 0 Å². The minimum Gasteiger partial charge on any atom is -0.308 e. The van der Waals surface area contributed by atoms with E-state index in [-0.39, 0.29) is 5.54 Å². The molecule has 4 aliphatic rings. The molecule has 0 spiro atoms. The Labute approximate surface area is 143 Å². The third-order valence-electron chi connectivity index (χ3n) is 5.59. The highest BCUT2D eigenvalue weighted by molar-refractivity contribution is 5.05. The molecule has 4 heteroatoms. The van der Waals surface area contributed by atoms with Crippen molar-refractivity contribution in [1.29, 1.82) is 0 Å². The van der Waals surface area contributed by atoms with Gasteiger partial charge in [-0.05, 0) is 67.3 Å². The van der Waals surface area contributed by atoms with Crippen molar-refractivity contribution in [2.75, 3.05) is 32.8 Å². The number of hydrogen-bond acceptors (Lipinski definition) is 4. The molecule has 4 aliphatic heterocycles. The predicted octanol–water partition coefficient (Wildman–Crippen LogP) is 2.35. The van der Waals surface area contributed by atoms with Crippen LogP contribution in [0.25, 0.3) is 0 Å². The first-order valence-corrected chi connectivity index (χ1v) is 9.63. The summed E-state index contributed by atoms with van der Waals surface area (Å²) in [5.74, 6) is 0. The van der Waals surface area contributed by atoms with E-state index >= 15 is 0 Å². The zero-order valence-electron chi connectivity index (χ0n) is 16.2. The predicted molar refractivity (Wildman–Crippen MR) is 97.7 cm³/mol. The van der Waals surface area contributed by atoms with Gasteiger partial charge in [0.15, 0.2) is 0 Å². The zero-order chi connectivity index (χ0) is 16.8. The van der Waals surface area contributed by atoms with Crippen molar-refractivity contribution in [2.45, 2.75) is 90.0 Å². The minimum absolute atomic E-state index is 0.230. The highest BCUT2D eigenvalue weighted by Gasteiger charge is 2.49. The Morgan fingerprint density at radius 2 is 1.57 bits per heavy atom. The van der Waals surface area contributed by atoms with Crippen LogP contribution in [0.3, 0.4) is 0 Å². The Morgan fingerprint density at radius 3 is 2.13 bits per heavy atom. The van der Waals surface area contributed by atoms with Crippen LogP contribution in [0.2, 0.25) is 0 Å². The topological polar surface area (TPSA) is 21.8 Å². The molecule has 0 saturated carbocycles. The molecule has 1 N–H and O–H groups in total. The molecule has 4 saturated heterocycles. The normalized spacial score (nSPS) is 34.4. The molecule has 2 bridgehead atoms. The smallest absolute Gasteiger partial charge is 0.0508 e. The van der Waals surface area contributed by atoms with Crippen LogP contribution in [0.5, 0.6) is 0 Å². The molecule has 4 fully saturated rings. The third-order valence-corrected chi connectivity index (χ3v) is 5.59. The molecular weight excluding hydrogens is 284 g/mol. The van der Waals surface area contributed by atoms with Gasteiger partial charge >= 0.3 is 0 Å². The summed E-state index contributed by atoms with van der Waals surface area (Å²) < 4.78 is 0. The van der Waals surface area contributed by atoms with E-state index in [1.54, 1.807) is 0 Å². The van der Waals surface area contributed by atoms with Crippen molar-refractivity contribution >= 4 is 0 Å². The summed E-state index contributed by atoms with van der Waals surface area (Å²) in [6.45, 7) is 20.2. The molecule has 4 heterocycles. The second-order valence-corrected chi connectivity index (χ2v) is 10.1. The number of nitrogens with one attached hydrogen (secondary N) is 1. The summed E-state index contributed by atoms with van der Waals surface area (Å²) >= 11 is 0. The van der Waals surface area contributed by atoms with Crippen molar-refractivity contribution < 1.29 is 0 Å². The van der Waals surface area contributed by atoms with Crippen LogP contribution >= 0.6 is 0 Å². The summed E-state index contributed by atoms with van der Waals surface area (Å²) in [5.41, 5.74) is 0.570. The number of nitrogens with zero attached hydrogens (tertiary/aromatic N) is 3. The van der Waals surface area contributed by atoms with Gasteiger partial charge in [0.1, 0.15) is 0 Å². The maximum Gasteiger partial charge on any atom is 0.0508 e. The van der Waals surface area contributed by atoms with Crippen LogP contribution in [0.4, 0.5) is 0 Å². The maximum atomic E-state index is 3.80. The van der Waals surface area contributed by atoms with Gasteiger partial charge in [-0.2, -0.15) is 0 Å². The number of likely N-dealkylation sites (tertiary alicyclic amines) is 1. The largest absolute Gasteiger partial charge is 0.308 e. The monoisotopic (exact) mass is 322 g/mol. The molecule has 3 atom stereocenters. The van der Waals surface area contributed by atoms with Gasteiger partial charge in [-0.25, -0.2) is 0 Å². The lowest BCUT2D eigenvalue weighted by Crippen LogP contribution is -2.73. The van der Waals surface area contributed by atoms with Crippen LogP contribution in [0.15, 0.2) is 0 Å². The maximum absolute atomic E-state index is 3.80. The van der Waals surface area contributed by atoms with E-state index in [2.05, 4.69) is 61.6 Å². The van der Waals surface area contributed by atoms with Crippen LogP contribution in [-0.2, 0) is 0 Å². The second-order valence-electron chi connectivity index (χ2n) is 10.1. The SMILES string of the molecule is CC(C)(C)N[C@H]1CCCN(CN2CC3CC(C2)N3C(C)(C)C)C1. The van der Waals surface area contributed by atoms with E-state index in [0.29, 0.717) is 11.6 Å². The summed E-state index contributed by atoms with van der Waals surface area (Å²) in [6.07, 6.45) is 4.08. The molecule has 0 aromatic rings.